The second-order valence-electron chi connectivity index (χ2n) is 5.52. The number of fused-ring (bicyclic) bond motifs is 2. The van der Waals surface area contributed by atoms with Crippen molar-refractivity contribution in [1.82, 2.24) is 0 Å². The zero-order chi connectivity index (χ0) is 16.5. The first-order chi connectivity index (χ1) is 11.8. The van der Waals surface area contributed by atoms with E-state index in [1.807, 2.05) is 60.7 Å². The molecule has 1 nitrogen and oxygen atoms in total. The molecular formula is C21H13ClOS. The SMILES string of the molecule is O=Cc1ccc(Sc2c(Cl)ccc3ccccc23)c2ccccc12. The van der Waals surface area contributed by atoms with Crippen molar-refractivity contribution in [3.05, 3.63) is 83.4 Å². The van der Waals surface area contributed by atoms with Crippen molar-refractivity contribution >= 4 is 51.2 Å². The molecule has 24 heavy (non-hydrogen) atoms. The van der Waals surface area contributed by atoms with Crippen LogP contribution in [0.4, 0.5) is 0 Å². The lowest BCUT2D eigenvalue weighted by Gasteiger charge is -2.11. The molecule has 4 aromatic rings. The smallest absolute Gasteiger partial charge is 0.150 e. The number of halogens is 1. The molecule has 0 heterocycles. The van der Waals surface area contributed by atoms with Gasteiger partial charge in [0.1, 0.15) is 0 Å². The Morgan fingerprint density at radius 1 is 0.750 bits per heavy atom. The number of hydrogen-bond donors (Lipinski definition) is 0. The summed E-state index contributed by atoms with van der Waals surface area (Å²) in [6.45, 7) is 0. The highest BCUT2D eigenvalue weighted by atomic mass is 35.5. The standard InChI is InChI=1S/C21H13ClOS/c22-19-11-9-14-5-1-2-7-17(14)21(19)24-20-12-10-15(13-23)16-6-3-4-8-18(16)20/h1-13H. The van der Waals surface area contributed by atoms with Crippen LogP contribution in [0.5, 0.6) is 0 Å². The van der Waals surface area contributed by atoms with Gasteiger partial charge in [-0.1, -0.05) is 78.0 Å². The minimum absolute atomic E-state index is 0.707. The van der Waals surface area contributed by atoms with Crippen molar-refractivity contribution in [1.29, 1.82) is 0 Å². The Balaban J connectivity index is 1.92. The molecular weight excluding hydrogens is 336 g/mol. The van der Waals surface area contributed by atoms with Crippen molar-refractivity contribution in [3.8, 4) is 0 Å². The number of benzene rings is 4. The van der Waals surface area contributed by atoms with Gasteiger partial charge < -0.3 is 0 Å². The van der Waals surface area contributed by atoms with E-state index in [2.05, 4.69) is 12.1 Å². The molecule has 0 aliphatic rings. The zero-order valence-electron chi connectivity index (χ0n) is 12.7. The van der Waals surface area contributed by atoms with E-state index in [1.54, 1.807) is 11.8 Å². The molecule has 3 heteroatoms. The Morgan fingerprint density at radius 2 is 1.46 bits per heavy atom. The molecule has 0 saturated heterocycles. The van der Waals surface area contributed by atoms with Crippen molar-refractivity contribution < 1.29 is 4.79 Å². The summed E-state index contributed by atoms with van der Waals surface area (Å²) < 4.78 is 0. The molecule has 0 fully saturated rings. The lowest BCUT2D eigenvalue weighted by molar-refractivity contribution is 0.112. The van der Waals surface area contributed by atoms with E-state index in [0.29, 0.717) is 5.56 Å². The van der Waals surface area contributed by atoms with Crippen LogP contribution in [-0.2, 0) is 0 Å². The second kappa shape index (κ2) is 6.31. The Morgan fingerprint density at radius 3 is 2.25 bits per heavy atom. The highest BCUT2D eigenvalue weighted by Gasteiger charge is 2.11. The Kier molecular flexibility index (Phi) is 4.01. The van der Waals surface area contributed by atoms with Crippen LogP contribution in [0.1, 0.15) is 10.4 Å². The number of hydrogen-bond acceptors (Lipinski definition) is 2. The third kappa shape index (κ3) is 2.58. The van der Waals surface area contributed by atoms with Crippen LogP contribution in [0.2, 0.25) is 5.02 Å². The van der Waals surface area contributed by atoms with Crippen LogP contribution in [0.15, 0.2) is 82.6 Å². The van der Waals surface area contributed by atoms with Crippen LogP contribution in [0, 0.1) is 0 Å². The molecule has 0 saturated carbocycles. The zero-order valence-corrected chi connectivity index (χ0v) is 14.3. The molecule has 0 atom stereocenters. The molecule has 0 radical (unpaired) electrons. The van der Waals surface area contributed by atoms with Gasteiger partial charge in [-0.25, -0.2) is 0 Å². The maximum atomic E-state index is 11.3. The average Bonchev–Trinajstić information content (AvgIpc) is 2.64. The van der Waals surface area contributed by atoms with Crippen molar-refractivity contribution in [2.75, 3.05) is 0 Å². The summed E-state index contributed by atoms with van der Waals surface area (Å²) in [6.07, 6.45) is 0.904. The minimum atomic E-state index is 0.707. The largest absolute Gasteiger partial charge is 0.298 e. The van der Waals surface area contributed by atoms with Gasteiger partial charge in [-0.15, -0.1) is 0 Å². The van der Waals surface area contributed by atoms with E-state index in [0.717, 1.165) is 37.3 Å². The first kappa shape index (κ1) is 15.3. The number of rotatable bonds is 3. The molecule has 0 amide bonds. The summed E-state index contributed by atoms with van der Waals surface area (Å²) in [4.78, 5) is 13.4. The van der Waals surface area contributed by atoms with Gasteiger partial charge in [-0.3, -0.25) is 4.79 Å². The van der Waals surface area contributed by atoms with Crippen molar-refractivity contribution in [3.63, 3.8) is 0 Å². The maximum Gasteiger partial charge on any atom is 0.150 e. The summed E-state index contributed by atoms with van der Waals surface area (Å²) in [7, 11) is 0. The highest BCUT2D eigenvalue weighted by Crippen LogP contribution is 2.41. The molecule has 0 aliphatic carbocycles. The van der Waals surface area contributed by atoms with Gasteiger partial charge >= 0.3 is 0 Å². The maximum absolute atomic E-state index is 11.3. The van der Waals surface area contributed by atoms with Crippen LogP contribution in [0.25, 0.3) is 21.5 Å². The fraction of sp³-hybridized carbons (Fsp3) is 0. The first-order valence-electron chi connectivity index (χ1n) is 7.60. The lowest BCUT2D eigenvalue weighted by atomic mass is 10.1. The van der Waals surface area contributed by atoms with Gasteiger partial charge in [0.2, 0.25) is 0 Å². The second-order valence-corrected chi connectivity index (χ2v) is 6.98. The van der Waals surface area contributed by atoms with Gasteiger partial charge in [0.15, 0.2) is 6.29 Å². The van der Waals surface area contributed by atoms with E-state index in [9.17, 15) is 4.79 Å². The van der Waals surface area contributed by atoms with Crippen LogP contribution < -0.4 is 0 Å². The van der Waals surface area contributed by atoms with E-state index in [1.165, 1.54) is 5.39 Å². The molecule has 0 bridgehead atoms. The quantitative estimate of drug-likeness (QED) is 0.387. The minimum Gasteiger partial charge on any atom is -0.298 e. The normalized spacial score (nSPS) is 11.0. The summed E-state index contributed by atoms with van der Waals surface area (Å²) >= 11 is 8.13. The number of carbonyl (C=O) groups excluding carboxylic acids is 1. The van der Waals surface area contributed by atoms with Gasteiger partial charge in [0, 0.05) is 15.4 Å². The Bertz CT molecular complexity index is 1070. The first-order valence-corrected chi connectivity index (χ1v) is 8.79. The fourth-order valence-corrected chi connectivity index (χ4v) is 4.30. The molecule has 0 unspecified atom stereocenters. The summed E-state index contributed by atoms with van der Waals surface area (Å²) in [5.74, 6) is 0. The summed E-state index contributed by atoms with van der Waals surface area (Å²) in [6, 6.07) is 24.0. The molecule has 4 rings (SSSR count). The topological polar surface area (TPSA) is 17.1 Å². The van der Waals surface area contributed by atoms with E-state index in [4.69, 9.17) is 11.6 Å². The monoisotopic (exact) mass is 348 g/mol. The average molecular weight is 349 g/mol. The lowest BCUT2D eigenvalue weighted by Crippen LogP contribution is -1.87. The summed E-state index contributed by atoms with van der Waals surface area (Å²) in [5, 5.41) is 5.07. The molecule has 4 aromatic carbocycles. The van der Waals surface area contributed by atoms with Crippen LogP contribution in [-0.4, -0.2) is 6.29 Å². The van der Waals surface area contributed by atoms with Crippen molar-refractivity contribution in [2.45, 2.75) is 9.79 Å². The number of aldehydes is 1. The predicted molar refractivity (Wildman–Crippen MR) is 102 cm³/mol. The Hall–Kier alpha value is -2.29. The third-order valence-corrected chi connectivity index (χ3v) is 5.74. The fourth-order valence-electron chi connectivity index (χ4n) is 2.92. The number of carbonyl (C=O) groups is 1. The van der Waals surface area contributed by atoms with E-state index in [-0.39, 0.29) is 0 Å². The van der Waals surface area contributed by atoms with Gasteiger partial charge in [-0.2, -0.15) is 0 Å². The molecule has 0 aliphatic heterocycles. The molecule has 0 aromatic heterocycles. The molecule has 116 valence electrons. The Labute approximate surface area is 149 Å². The van der Waals surface area contributed by atoms with E-state index >= 15 is 0 Å². The van der Waals surface area contributed by atoms with Crippen LogP contribution >= 0.6 is 23.4 Å². The van der Waals surface area contributed by atoms with Gasteiger partial charge in [-0.05, 0) is 39.7 Å². The summed E-state index contributed by atoms with van der Waals surface area (Å²) in [5.41, 5.74) is 0.707. The van der Waals surface area contributed by atoms with Gasteiger partial charge in [0.25, 0.3) is 0 Å². The van der Waals surface area contributed by atoms with Crippen LogP contribution in [0.3, 0.4) is 0 Å². The van der Waals surface area contributed by atoms with Crippen molar-refractivity contribution in [2.24, 2.45) is 0 Å². The predicted octanol–water partition coefficient (Wildman–Crippen LogP) is 6.61. The molecule has 0 N–H and O–H groups in total. The highest BCUT2D eigenvalue weighted by molar-refractivity contribution is 8.00. The molecule has 0 spiro atoms. The van der Waals surface area contributed by atoms with E-state index < -0.39 is 0 Å². The third-order valence-electron chi connectivity index (χ3n) is 4.09. The van der Waals surface area contributed by atoms with Gasteiger partial charge in [0.05, 0.1) is 5.02 Å².